The lowest BCUT2D eigenvalue weighted by Gasteiger charge is -2.17. The van der Waals surface area contributed by atoms with Gasteiger partial charge in [-0.05, 0) is 19.4 Å². The zero-order valence-electron chi connectivity index (χ0n) is 8.90. The van der Waals surface area contributed by atoms with Crippen molar-refractivity contribution in [3.05, 3.63) is 35.4 Å². The van der Waals surface area contributed by atoms with Crippen molar-refractivity contribution in [3.63, 3.8) is 0 Å². The molecule has 3 heteroatoms. The third-order valence-corrected chi connectivity index (χ3v) is 2.48. The molecule has 2 rings (SSSR count). The summed E-state index contributed by atoms with van der Waals surface area (Å²) in [5, 5.41) is 0. The molecule has 1 aromatic carbocycles. The molecule has 1 fully saturated rings. The molecule has 0 spiro atoms. The summed E-state index contributed by atoms with van der Waals surface area (Å²) in [6.07, 6.45) is 0.714. The van der Waals surface area contributed by atoms with E-state index >= 15 is 0 Å². The molecule has 1 aliphatic heterocycles. The topological polar surface area (TPSA) is 35.5 Å². The predicted molar refractivity (Wildman–Crippen MR) is 55.7 cm³/mol. The van der Waals surface area contributed by atoms with Gasteiger partial charge in [0, 0.05) is 5.56 Å². The summed E-state index contributed by atoms with van der Waals surface area (Å²) in [5.74, 6) is -0.555. The second kappa shape index (κ2) is 3.76. The van der Waals surface area contributed by atoms with Gasteiger partial charge in [0.1, 0.15) is 12.4 Å². The summed E-state index contributed by atoms with van der Waals surface area (Å²) >= 11 is 0. The molecule has 80 valence electrons. The van der Waals surface area contributed by atoms with Crippen LogP contribution in [-0.2, 0) is 9.47 Å². The summed E-state index contributed by atoms with van der Waals surface area (Å²) in [6.45, 7) is 4.24. The summed E-state index contributed by atoms with van der Waals surface area (Å²) in [4.78, 5) is 10.8. The van der Waals surface area contributed by atoms with Gasteiger partial charge in [-0.3, -0.25) is 4.79 Å². The molecule has 1 atom stereocenters. The highest BCUT2D eigenvalue weighted by Crippen LogP contribution is 2.33. The van der Waals surface area contributed by atoms with Gasteiger partial charge in [-0.25, -0.2) is 0 Å². The van der Waals surface area contributed by atoms with Crippen molar-refractivity contribution in [2.45, 2.75) is 25.7 Å². The van der Waals surface area contributed by atoms with E-state index < -0.39 is 5.79 Å². The third-order valence-electron chi connectivity index (χ3n) is 2.48. The van der Waals surface area contributed by atoms with Crippen LogP contribution in [-0.4, -0.2) is 18.7 Å². The number of aldehydes is 1. The van der Waals surface area contributed by atoms with Crippen LogP contribution in [0.2, 0.25) is 0 Å². The molecule has 0 N–H and O–H groups in total. The smallest absolute Gasteiger partial charge is 0.163 e. The average Bonchev–Trinajstić information content (AvgIpc) is 2.59. The molecule has 1 saturated heterocycles. The molecule has 0 bridgehead atoms. The van der Waals surface area contributed by atoms with Crippen molar-refractivity contribution in [3.8, 4) is 0 Å². The van der Waals surface area contributed by atoms with Crippen LogP contribution in [0.3, 0.4) is 0 Å². The summed E-state index contributed by atoms with van der Waals surface area (Å²) in [5.41, 5.74) is 1.57. The van der Waals surface area contributed by atoms with Crippen molar-refractivity contribution in [2.24, 2.45) is 0 Å². The fourth-order valence-electron chi connectivity index (χ4n) is 1.75. The Morgan fingerprint density at radius 1 is 1.40 bits per heavy atom. The number of hydrogen-bond acceptors (Lipinski definition) is 3. The number of hydrogen-bond donors (Lipinski definition) is 0. The largest absolute Gasteiger partial charge is 0.347 e. The van der Waals surface area contributed by atoms with Gasteiger partial charge in [-0.2, -0.15) is 0 Å². The summed E-state index contributed by atoms with van der Waals surface area (Å²) in [6, 6.07) is 7.43. The Hall–Kier alpha value is -1.19. The van der Waals surface area contributed by atoms with Gasteiger partial charge >= 0.3 is 0 Å². The van der Waals surface area contributed by atoms with Crippen LogP contribution in [0.1, 0.15) is 35.9 Å². The average molecular weight is 206 g/mol. The van der Waals surface area contributed by atoms with Crippen molar-refractivity contribution in [1.29, 1.82) is 0 Å². The van der Waals surface area contributed by atoms with Gasteiger partial charge in [-0.15, -0.1) is 0 Å². The van der Waals surface area contributed by atoms with Gasteiger partial charge < -0.3 is 9.47 Å². The van der Waals surface area contributed by atoms with E-state index in [0.717, 1.165) is 11.8 Å². The standard InChI is InChI=1S/C12H14O3/c1-12(2)14-8-11(15-12)10-6-4-3-5-9(10)7-13/h3-7,11H,8H2,1-2H3. The molecule has 1 unspecified atom stereocenters. The van der Waals surface area contributed by atoms with Gasteiger partial charge in [-0.1, -0.05) is 24.3 Å². The second-order valence-electron chi connectivity index (χ2n) is 4.06. The maximum absolute atomic E-state index is 10.8. The second-order valence-corrected chi connectivity index (χ2v) is 4.06. The van der Waals surface area contributed by atoms with Crippen LogP contribution < -0.4 is 0 Å². The molecule has 1 aliphatic rings. The minimum Gasteiger partial charge on any atom is -0.347 e. The quantitative estimate of drug-likeness (QED) is 0.696. The normalized spacial score (nSPS) is 24.0. The zero-order valence-corrected chi connectivity index (χ0v) is 8.90. The predicted octanol–water partition coefficient (Wildman–Crippen LogP) is 2.32. The lowest BCUT2D eigenvalue weighted by molar-refractivity contribution is -0.139. The van der Waals surface area contributed by atoms with Crippen molar-refractivity contribution in [2.75, 3.05) is 6.61 Å². The van der Waals surface area contributed by atoms with Gasteiger partial charge in [0.2, 0.25) is 0 Å². The molecular formula is C12H14O3. The minimum absolute atomic E-state index is 0.138. The number of carbonyl (C=O) groups excluding carboxylic acids is 1. The van der Waals surface area contributed by atoms with Crippen LogP contribution in [0.4, 0.5) is 0 Å². The summed E-state index contributed by atoms with van der Waals surface area (Å²) < 4.78 is 11.2. The molecule has 1 heterocycles. The summed E-state index contributed by atoms with van der Waals surface area (Å²) in [7, 11) is 0. The van der Waals surface area contributed by atoms with E-state index in [1.54, 1.807) is 6.07 Å². The molecule has 3 nitrogen and oxygen atoms in total. The molecule has 0 aromatic heterocycles. The Balaban J connectivity index is 2.27. The van der Waals surface area contributed by atoms with Crippen molar-refractivity contribution >= 4 is 6.29 Å². The first-order valence-corrected chi connectivity index (χ1v) is 4.98. The van der Waals surface area contributed by atoms with E-state index in [2.05, 4.69) is 0 Å². The van der Waals surface area contributed by atoms with Gasteiger partial charge in [0.25, 0.3) is 0 Å². The highest BCUT2D eigenvalue weighted by Gasteiger charge is 2.34. The maximum atomic E-state index is 10.8. The van der Waals surface area contributed by atoms with Crippen LogP contribution in [0, 0.1) is 0 Å². The van der Waals surface area contributed by atoms with E-state index in [4.69, 9.17) is 9.47 Å². The molecule has 0 saturated carbocycles. The van der Waals surface area contributed by atoms with E-state index in [9.17, 15) is 4.79 Å². The molecule has 0 aliphatic carbocycles. The number of benzene rings is 1. The zero-order chi connectivity index (χ0) is 10.9. The lowest BCUT2D eigenvalue weighted by Crippen LogP contribution is -2.19. The monoisotopic (exact) mass is 206 g/mol. The number of ether oxygens (including phenoxy) is 2. The first-order valence-electron chi connectivity index (χ1n) is 4.98. The Morgan fingerprint density at radius 3 is 2.73 bits per heavy atom. The van der Waals surface area contributed by atoms with E-state index in [0.29, 0.717) is 12.2 Å². The van der Waals surface area contributed by atoms with Crippen LogP contribution >= 0.6 is 0 Å². The lowest BCUT2D eigenvalue weighted by atomic mass is 10.0. The highest BCUT2D eigenvalue weighted by molar-refractivity contribution is 5.77. The first-order chi connectivity index (χ1) is 7.12. The Bertz CT molecular complexity index is 371. The Labute approximate surface area is 89.0 Å². The minimum atomic E-state index is -0.555. The Morgan fingerprint density at radius 2 is 2.13 bits per heavy atom. The van der Waals surface area contributed by atoms with Crippen LogP contribution in [0.5, 0.6) is 0 Å². The van der Waals surface area contributed by atoms with E-state index in [-0.39, 0.29) is 6.10 Å². The molecular weight excluding hydrogens is 192 g/mol. The number of rotatable bonds is 2. The van der Waals surface area contributed by atoms with Crippen molar-refractivity contribution < 1.29 is 14.3 Å². The molecule has 0 amide bonds. The SMILES string of the molecule is CC1(C)OCC(c2ccccc2C=O)O1. The molecule has 0 radical (unpaired) electrons. The fourth-order valence-corrected chi connectivity index (χ4v) is 1.75. The van der Waals surface area contributed by atoms with Gasteiger partial charge in [0.15, 0.2) is 5.79 Å². The van der Waals surface area contributed by atoms with Crippen LogP contribution in [0.15, 0.2) is 24.3 Å². The third kappa shape index (κ3) is 2.08. The van der Waals surface area contributed by atoms with E-state index in [1.165, 1.54) is 0 Å². The first kappa shape index (κ1) is 10.3. The van der Waals surface area contributed by atoms with Gasteiger partial charge in [0.05, 0.1) is 6.61 Å². The molecule has 15 heavy (non-hydrogen) atoms. The Kier molecular flexibility index (Phi) is 2.59. The maximum Gasteiger partial charge on any atom is 0.163 e. The molecule has 1 aromatic rings. The van der Waals surface area contributed by atoms with Crippen LogP contribution in [0.25, 0.3) is 0 Å². The highest BCUT2D eigenvalue weighted by atomic mass is 16.7. The van der Waals surface area contributed by atoms with E-state index in [1.807, 2.05) is 32.0 Å². The van der Waals surface area contributed by atoms with Crippen molar-refractivity contribution in [1.82, 2.24) is 0 Å². The fraction of sp³-hybridized carbons (Fsp3) is 0.417. The number of carbonyl (C=O) groups is 1.